The first-order chi connectivity index (χ1) is 6.20. The van der Waals surface area contributed by atoms with Crippen molar-refractivity contribution < 1.29 is 4.42 Å². The van der Waals surface area contributed by atoms with Gasteiger partial charge in [-0.1, -0.05) is 12.2 Å². The largest absolute Gasteiger partial charge is 0.464 e. The predicted octanol–water partition coefficient (Wildman–Crippen LogP) is 4.69. The third-order valence-corrected chi connectivity index (χ3v) is 4.07. The van der Waals surface area contributed by atoms with Crippen LogP contribution in [0.25, 0.3) is 11.0 Å². The monoisotopic (exact) mass is 318 g/mol. The third kappa shape index (κ3) is 1.58. The van der Waals surface area contributed by atoms with Gasteiger partial charge in [0.05, 0.1) is 16.2 Å². The number of fused-ring (bicyclic) bond motifs is 1. The first-order valence-electron chi connectivity index (χ1n) is 3.55. The van der Waals surface area contributed by atoms with Crippen molar-refractivity contribution in [2.45, 2.75) is 0 Å². The Kier molecular flexibility index (Phi) is 2.53. The predicted molar refractivity (Wildman–Crippen MR) is 62.4 cm³/mol. The summed E-state index contributed by atoms with van der Waals surface area (Å²) in [4.78, 5) is 0. The second-order valence-electron chi connectivity index (χ2n) is 2.52. The zero-order valence-corrected chi connectivity index (χ0v) is 10.4. The quantitative estimate of drug-likeness (QED) is 0.654. The lowest BCUT2D eigenvalue weighted by atomic mass is 10.2. The Morgan fingerprint density at radius 2 is 1.92 bits per heavy atom. The number of benzene rings is 1. The lowest BCUT2D eigenvalue weighted by Crippen LogP contribution is -1.77. The first kappa shape index (κ1) is 9.37. The van der Waals surface area contributed by atoms with Crippen LogP contribution in [-0.4, -0.2) is 0 Å². The molecule has 0 amide bonds. The molecule has 0 bridgehead atoms. The van der Waals surface area contributed by atoms with E-state index in [1.54, 1.807) is 12.3 Å². The van der Waals surface area contributed by atoms with E-state index in [1.807, 2.05) is 12.1 Å². The maximum atomic E-state index is 5.31. The third-order valence-electron chi connectivity index (χ3n) is 1.72. The van der Waals surface area contributed by atoms with Gasteiger partial charge in [0, 0.05) is 8.95 Å². The second kappa shape index (κ2) is 3.52. The van der Waals surface area contributed by atoms with Gasteiger partial charge in [-0.25, -0.2) is 0 Å². The summed E-state index contributed by atoms with van der Waals surface area (Å²) >= 11 is 12.1. The molecule has 0 spiro atoms. The summed E-state index contributed by atoms with van der Waals surface area (Å²) in [5, 5.41) is 0.937. The van der Waals surface area contributed by atoms with Gasteiger partial charge in [-0.05, 0) is 50.1 Å². The number of hydrogen-bond acceptors (Lipinski definition) is 2. The molecule has 0 aliphatic heterocycles. The molecule has 0 fully saturated rings. The fraction of sp³-hybridized carbons (Fsp3) is 0. The summed E-state index contributed by atoms with van der Waals surface area (Å²) in [6.45, 7) is 0. The van der Waals surface area contributed by atoms with Crippen LogP contribution in [0.5, 0.6) is 0 Å². The number of halogens is 2. The molecule has 0 aliphatic rings. The van der Waals surface area contributed by atoms with Gasteiger partial charge in [0.1, 0.15) is 5.58 Å². The molecule has 13 heavy (non-hydrogen) atoms. The highest BCUT2D eigenvalue weighted by Crippen LogP contribution is 2.31. The minimum Gasteiger partial charge on any atom is -0.464 e. The Balaban J connectivity index is 3.06. The number of hydrogen-bond donors (Lipinski definition) is 0. The van der Waals surface area contributed by atoms with Crippen molar-refractivity contribution in [1.29, 1.82) is 0 Å². The first-order valence-corrected chi connectivity index (χ1v) is 5.55. The van der Waals surface area contributed by atoms with Crippen LogP contribution in [0.3, 0.4) is 0 Å². The van der Waals surface area contributed by atoms with Crippen molar-refractivity contribution in [3.05, 3.63) is 37.9 Å². The van der Waals surface area contributed by atoms with Gasteiger partial charge in [-0.3, -0.25) is 0 Å². The molecule has 1 heterocycles. The Hall–Kier alpha value is -0.190. The normalized spacial score (nSPS) is 10.6. The van der Waals surface area contributed by atoms with Gasteiger partial charge in [-0.2, -0.15) is 0 Å². The smallest absolute Gasteiger partial charge is 0.136 e. The zero-order valence-electron chi connectivity index (χ0n) is 6.38. The molecule has 1 aromatic carbocycles. The van der Waals surface area contributed by atoms with E-state index in [1.165, 1.54) is 0 Å². The standard InChI is InChI=1S/C9H4Br2OS/c10-5-1-2-6-8(9(5)11)7(13)3-4-12-6/h1-4H. The summed E-state index contributed by atoms with van der Waals surface area (Å²) < 4.78 is 8.02. The molecule has 4 heteroatoms. The number of rotatable bonds is 0. The summed E-state index contributed by atoms with van der Waals surface area (Å²) in [6, 6.07) is 5.58. The van der Waals surface area contributed by atoms with Crippen LogP contribution < -0.4 is 0 Å². The molecule has 0 N–H and O–H groups in total. The van der Waals surface area contributed by atoms with E-state index in [9.17, 15) is 0 Å². The van der Waals surface area contributed by atoms with Gasteiger partial charge >= 0.3 is 0 Å². The molecule has 0 unspecified atom stereocenters. The van der Waals surface area contributed by atoms with Crippen LogP contribution in [0.4, 0.5) is 0 Å². The highest BCUT2D eigenvalue weighted by atomic mass is 79.9. The van der Waals surface area contributed by atoms with Crippen LogP contribution in [0.15, 0.2) is 37.8 Å². The molecule has 2 rings (SSSR count). The van der Waals surface area contributed by atoms with E-state index >= 15 is 0 Å². The van der Waals surface area contributed by atoms with E-state index in [2.05, 4.69) is 31.9 Å². The van der Waals surface area contributed by atoms with Crippen LogP contribution in [0, 0.1) is 4.51 Å². The van der Waals surface area contributed by atoms with Gasteiger partial charge in [-0.15, -0.1) is 0 Å². The van der Waals surface area contributed by atoms with Crippen LogP contribution in [0.2, 0.25) is 0 Å². The van der Waals surface area contributed by atoms with E-state index < -0.39 is 0 Å². The minimum atomic E-state index is 0.787. The maximum absolute atomic E-state index is 5.31. The zero-order chi connectivity index (χ0) is 9.42. The van der Waals surface area contributed by atoms with Crippen molar-refractivity contribution in [2.75, 3.05) is 0 Å². The maximum Gasteiger partial charge on any atom is 0.136 e. The average molecular weight is 320 g/mol. The minimum absolute atomic E-state index is 0.787. The van der Waals surface area contributed by atoms with Crippen molar-refractivity contribution in [1.82, 2.24) is 0 Å². The average Bonchev–Trinajstić information content (AvgIpc) is 2.12. The molecule has 0 radical (unpaired) electrons. The van der Waals surface area contributed by atoms with Gasteiger partial charge in [0.25, 0.3) is 0 Å². The van der Waals surface area contributed by atoms with Gasteiger partial charge in [0.15, 0.2) is 0 Å². The van der Waals surface area contributed by atoms with Gasteiger partial charge < -0.3 is 4.42 Å². The van der Waals surface area contributed by atoms with E-state index in [0.717, 1.165) is 24.4 Å². The summed E-state index contributed by atoms with van der Waals surface area (Å²) in [6.07, 6.45) is 1.60. The fourth-order valence-electron chi connectivity index (χ4n) is 1.11. The van der Waals surface area contributed by atoms with Gasteiger partial charge in [0.2, 0.25) is 0 Å². The lowest BCUT2D eigenvalue weighted by Gasteiger charge is -2.01. The Morgan fingerprint density at radius 1 is 1.15 bits per heavy atom. The molecule has 0 atom stereocenters. The highest BCUT2D eigenvalue weighted by Gasteiger charge is 2.05. The Morgan fingerprint density at radius 3 is 2.69 bits per heavy atom. The van der Waals surface area contributed by atoms with Crippen molar-refractivity contribution >= 4 is 55.0 Å². The summed E-state index contributed by atoms with van der Waals surface area (Å²) in [7, 11) is 0. The molecular formula is C9H4Br2OS. The second-order valence-corrected chi connectivity index (χ2v) is 4.61. The van der Waals surface area contributed by atoms with E-state index in [0.29, 0.717) is 0 Å². The topological polar surface area (TPSA) is 13.1 Å². The van der Waals surface area contributed by atoms with Crippen LogP contribution in [0.1, 0.15) is 0 Å². The van der Waals surface area contributed by atoms with Crippen molar-refractivity contribution in [2.24, 2.45) is 0 Å². The molecular weight excluding hydrogens is 316 g/mol. The molecule has 1 nitrogen and oxygen atoms in total. The fourth-order valence-corrected chi connectivity index (χ4v) is 2.37. The molecule has 0 saturated carbocycles. The summed E-state index contributed by atoms with van der Waals surface area (Å²) in [5.74, 6) is 0. The van der Waals surface area contributed by atoms with Crippen molar-refractivity contribution in [3.63, 3.8) is 0 Å². The molecule has 2 aromatic rings. The van der Waals surface area contributed by atoms with E-state index in [-0.39, 0.29) is 0 Å². The van der Waals surface area contributed by atoms with Crippen LogP contribution >= 0.6 is 44.1 Å². The SMILES string of the molecule is S=c1ccoc2ccc(Br)c(Br)c12. The molecule has 0 saturated heterocycles. The summed E-state index contributed by atoms with van der Waals surface area (Å²) in [5.41, 5.74) is 0.794. The highest BCUT2D eigenvalue weighted by molar-refractivity contribution is 9.13. The van der Waals surface area contributed by atoms with Crippen molar-refractivity contribution in [3.8, 4) is 0 Å². The molecule has 1 aromatic heterocycles. The molecule has 0 aliphatic carbocycles. The Labute approximate surface area is 97.0 Å². The Bertz CT molecular complexity index is 518. The molecule has 66 valence electrons. The van der Waals surface area contributed by atoms with E-state index in [4.69, 9.17) is 16.6 Å². The van der Waals surface area contributed by atoms with Crippen LogP contribution in [-0.2, 0) is 0 Å². The lowest BCUT2D eigenvalue weighted by molar-refractivity contribution is 0.603.